The quantitative estimate of drug-likeness (QED) is 0.129. The van der Waals surface area contributed by atoms with Crippen molar-refractivity contribution in [1.82, 2.24) is 0 Å². The molecule has 7 nitrogen and oxygen atoms in total. The lowest BCUT2D eigenvalue weighted by Gasteiger charge is -2.04. The fraction of sp³-hybridized carbons (Fsp3) is 0.600. The summed E-state index contributed by atoms with van der Waals surface area (Å²) in [4.78, 5) is 23.5. The maximum atomic E-state index is 10.8. The molecule has 1 atom stereocenters. The first kappa shape index (κ1) is 11.5. The molecule has 8 heteroatoms. The molecule has 0 rings (SSSR count). The Balaban J connectivity index is 3.74. The van der Waals surface area contributed by atoms with Gasteiger partial charge in [0.25, 0.3) is 0 Å². The maximum Gasteiger partial charge on any atom is 0.333 e. The molecule has 1 amide bonds. The van der Waals surface area contributed by atoms with Crippen LogP contribution in [0.4, 0.5) is 0 Å². The van der Waals surface area contributed by atoms with Crippen LogP contribution in [0.2, 0.25) is 0 Å². The van der Waals surface area contributed by atoms with E-state index in [1.807, 2.05) is 0 Å². The van der Waals surface area contributed by atoms with Gasteiger partial charge in [0.2, 0.25) is 11.3 Å². The van der Waals surface area contributed by atoms with Gasteiger partial charge in [-0.2, -0.15) is 0 Å². The Morgan fingerprint density at radius 1 is 1.69 bits per heavy atom. The van der Waals surface area contributed by atoms with Crippen LogP contribution in [0.15, 0.2) is 5.11 Å². The van der Waals surface area contributed by atoms with Crippen LogP contribution in [-0.2, 0) is 14.3 Å². The van der Waals surface area contributed by atoms with Gasteiger partial charge < -0.3 is 10.5 Å². The molecule has 1 unspecified atom stereocenters. The van der Waals surface area contributed by atoms with Gasteiger partial charge in [-0.3, -0.25) is 4.79 Å². The van der Waals surface area contributed by atoms with Crippen LogP contribution in [0.3, 0.4) is 0 Å². The largest absolute Gasteiger partial charge is 0.464 e. The molecule has 2 N–H and O–H groups in total. The minimum Gasteiger partial charge on any atom is -0.464 e. The number of esters is 1. The van der Waals surface area contributed by atoms with E-state index < -0.39 is 17.3 Å². The lowest BCUT2D eigenvalue weighted by Crippen LogP contribution is -2.32. The van der Waals surface area contributed by atoms with Gasteiger partial charge in [0.1, 0.15) is 0 Å². The molecular weight excluding hydrogens is 200 g/mol. The third-order valence-electron chi connectivity index (χ3n) is 0.956. The number of ether oxygens (including phenoxy) is 1. The number of hydrogen-bond donors (Lipinski definition) is 1. The third kappa shape index (κ3) is 4.89. The molecule has 0 aromatic heterocycles. The van der Waals surface area contributed by atoms with Gasteiger partial charge in [0.05, 0.1) is 13.2 Å². The Morgan fingerprint density at radius 3 is 2.77 bits per heavy atom. The van der Waals surface area contributed by atoms with Crippen molar-refractivity contribution in [2.24, 2.45) is 10.8 Å². The third-order valence-corrected chi connectivity index (χ3v) is 1.35. The van der Waals surface area contributed by atoms with Crippen molar-refractivity contribution >= 4 is 23.5 Å². The van der Waals surface area contributed by atoms with E-state index in [0.29, 0.717) is 0 Å². The van der Waals surface area contributed by atoms with Crippen molar-refractivity contribution in [2.45, 2.75) is 5.38 Å². The van der Waals surface area contributed by atoms with Crippen molar-refractivity contribution in [1.29, 1.82) is 0 Å². The number of carbonyl (C=O) groups excluding carboxylic acids is 2. The molecule has 0 aromatic carbocycles. The number of carbonyl (C=O) groups is 2. The first-order valence-electron chi connectivity index (χ1n) is 3.20. The van der Waals surface area contributed by atoms with Gasteiger partial charge in [0, 0.05) is 4.91 Å². The summed E-state index contributed by atoms with van der Waals surface area (Å²) in [7, 11) is 0. The number of azide groups is 1. The van der Waals surface area contributed by atoms with Crippen molar-refractivity contribution in [3.05, 3.63) is 10.4 Å². The fourth-order valence-electron chi connectivity index (χ4n) is 0.421. The van der Waals surface area contributed by atoms with E-state index in [1.165, 1.54) is 0 Å². The van der Waals surface area contributed by atoms with Gasteiger partial charge >= 0.3 is 5.97 Å². The Labute approximate surface area is 78.4 Å². The van der Waals surface area contributed by atoms with Gasteiger partial charge in [-0.05, 0) is 5.53 Å². The predicted molar refractivity (Wildman–Crippen MR) is 43.8 cm³/mol. The van der Waals surface area contributed by atoms with Crippen LogP contribution in [-0.4, -0.2) is 30.4 Å². The average Bonchev–Trinajstić information content (AvgIpc) is 2.10. The monoisotopic (exact) mass is 206 g/mol. The minimum absolute atomic E-state index is 0.00931. The van der Waals surface area contributed by atoms with Crippen molar-refractivity contribution in [3.63, 3.8) is 0 Å². The number of halogens is 1. The van der Waals surface area contributed by atoms with E-state index in [0.717, 1.165) is 0 Å². The first-order chi connectivity index (χ1) is 6.09. The standard InChI is InChI=1S/C5H7ClN4O3/c6-3(4(7)11)5(12)13-2-1-9-10-8/h3H,1-2H2,(H2,7,11). The normalized spacial score (nSPS) is 11.2. The maximum absolute atomic E-state index is 10.8. The van der Waals surface area contributed by atoms with Crippen molar-refractivity contribution < 1.29 is 14.3 Å². The summed E-state index contributed by atoms with van der Waals surface area (Å²) in [5, 5.41) is 1.60. The highest BCUT2D eigenvalue weighted by Gasteiger charge is 2.22. The Bertz CT molecular complexity index is 250. The first-order valence-corrected chi connectivity index (χ1v) is 3.64. The molecule has 0 fully saturated rings. The number of hydrogen-bond acceptors (Lipinski definition) is 4. The molecule has 0 radical (unpaired) electrons. The van der Waals surface area contributed by atoms with Crippen LogP contribution in [0.1, 0.15) is 0 Å². The molecular formula is C5H7ClN4O3. The summed E-state index contributed by atoms with van der Waals surface area (Å²) < 4.78 is 4.43. The SMILES string of the molecule is [N-]=[N+]=NCCOC(=O)C(Cl)C(N)=O. The summed E-state index contributed by atoms with van der Waals surface area (Å²) in [6.45, 7) is -0.135. The zero-order chi connectivity index (χ0) is 10.3. The molecule has 0 bridgehead atoms. The number of primary amides is 1. The second-order valence-electron chi connectivity index (χ2n) is 1.89. The predicted octanol–water partition coefficient (Wildman–Crippen LogP) is -0.0674. The highest BCUT2D eigenvalue weighted by molar-refractivity contribution is 6.40. The number of alkyl halides is 1. The van der Waals surface area contributed by atoms with E-state index in [4.69, 9.17) is 22.9 Å². The second-order valence-corrected chi connectivity index (χ2v) is 2.32. The average molecular weight is 207 g/mol. The van der Waals surface area contributed by atoms with E-state index in [-0.39, 0.29) is 13.2 Å². The van der Waals surface area contributed by atoms with Crippen LogP contribution in [0.5, 0.6) is 0 Å². The molecule has 0 aromatic rings. The van der Waals surface area contributed by atoms with Crippen LogP contribution in [0.25, 0.3) is 10.4 Å². The minimum atomic E-state index is -1.49. The summed E-state index contributed by atoms with van der Waals surface area (Å²) in [6.07, 6.45) is 0. The second kappa shape index (κ2) is 6.10. The molecule has 0 aliphatic heterocycles. The Hall–Kier alpha value is -1.46. The fourth-order valence-corrected chi connectivity index (χ4v) is 0.484. The molecule has 72 valence electrons. The molecule has 0 saturated carbocycles. The smallest absolute Gasteiger partial charge is 0.333 e. The van der Waals surface area contributed by atoms with Crippen molar-refractivity contribution in [3.8, 4) is 0 Å². The number of nitrogens with zero attached hydrogens (tertiary/aromatic N) is 3. The number of rotatable bonds is 5. The highest BCUT2D eigenvalue weighted by Crippen LogP contribution is 1.97. The summed E-state index contributed by atoms with van der Waals surface area (Å²) in [5.41, 5.74) is 12.6. The number of amides is 1. The summed E-state index contributed by atoms with van der Waals surface area (Å²) in [5.74, 6) is -1.92. The van der Waals surface area contributed by atoms with E-state index in [9.17, 15) is 9.59 Å². The van der Waals surface area contributed by atoms with Crippen LogP contribution < -0.4 is 5.73 Å². The number of nitrogens with two attached hydrogens (primary N) is 1. The van der Waals surface area contributed by atoms with E-state index >= 15 is 0 Å². The van der Waals surface area contributed by atoms with Crippen molar-refractivity contribution in [2.75, 3.05) is 13.2 Å². The van der Waals surface area contributed by atoms with Gasteiger partial charge in [-0.15, -0.1) is 0 Å². The zero-order valence-electron chi connectivity index (χ0n) is 6.51. The lowest BCUT2D eigenvalue weighted by molar-refractivity contribution is -0.145. The molecule has 0 spiro atoms. The molecule has 13 heavy (non-hydrogen) atoms. The van der Waals surface area contributed by atoms with Gasteiger partial charge in [-0.25, -0.2) is 4.79 Å². The molecule has 0 saturated heterocycles. The van der Waals surface area contributed by atoms with E-state index in [2.05, 4.69) is 14.8 Å². The van der Waals surface area contributed by atoms with Crippen LogP contribution >= 0.6 is 11.6 Å². The zero-order valence-corrected chi connectivity index (χ0v) is 7.27. The Morgan fingerprint density at radius 2 is 2.31 bits per heavy atom. The summed E-state index contributed by atoms with van der Waals surface area (Å²) in [6, 6.07) is 0. The van der Waals surface area contributed by atoms with Gasteiger partial charge in [0.15, 0.2) is 0 Å². The lowest BCUT2D eigenvalue weighted by atomic mass is 10.4. The molecule has 0 heterocycles. The molecule has 0 aliphatic rings. The Kier molecular flexibility index (Phi) is 5.42. The van der Waals surface area contributed by atoms with E-state index in [1.54, 1.807) is 0 Å². The topological polar surface area (TPSA) is 118 Å². The van der Waals surface area contributed by atoms with Crippen LogP contribution in [0, 0.1) is 0 Å². The molecule has 0 aliphatic carbocycles. The van der Waals surface area contributed by atoms with Gasteiger partial charge in [-0.1, -0.05) is 16.7 Å². The summed E-state index contributed by atoms with van der Waals surface area (Å²) >= 11 is 5.23. The highest BCUT2D eigenvalue weighted by atomic mass is 35.5.